The summed E-state index contributed by atoms with van der Waals surface area (Å²) in [6.07, 6.45) is -4.67. The van der Waals surface area contributed by atoms with Crippen LogP contribution in [0.25, 0.3) is 0 Å². The first-order valence-electron chi connectivity index (χ1n) is 4.63. The Morgan fingerprint density at radius 3 is 2.47 bits per heavy atom. The Hall–Kier alpha value is -2.52. The fourth-order valence-electron chi connectivity index (χ4n) is 1.25. The second-order valence-electron chi connectivity index (χ2n) is 3.34. The van der Waals surface area contributed by atoms with E-state index >= 15 is 0 Å². The van der Waals surface area contributed by atoms with Gasteiger partial charge in [0, 0.05) is 6.07 Å². The number of carboxylic acid groups (broad SMARTS) is 1. The molecular formula is C9H7F3N2O5. The third kappa shape index (κ3) is 3.47. The third-order valence-corrected chi connectivity index (χ3v) is 1.99. The van der Waals surface area contributed by atoms with Gasteiger partial charge in [-0.15, -0.1) is 0 Å². The summed E-state index contributed by atoms with van der Waals surface area (Å²) in [6.45, 7) is -1.73. The molecule has 0 aliphatic carbocycles. The van der Waals surface area contributed by atoms with Crippen LogP contribution in [0.2, 0.25) is 0 Å². The molecule has 0 atom stereocenters. The number of benzene rings is 1. The lowest BCUT2D eigenvalue weighted by Gasteiger charge is -2.12. The lowest BCUT2D eigenvalue weighted by atomic mass is 10.1. The number of hydrogen-bond donors (Lipinski definition) is 2. The largest absolute Gasteiger partial charge is 0.483 e. The number of rotatable bonds is 4. The maximum atomic E-state index is 12.0. The van der Waals surface area contributed by atoms with Crippen LogP contribution < -0.4 is 10.5 Å². The molecule has 0 aromatic heterocycles. The molecule has 0 saturated carbocycles. The van der Waals surface area contributed by atoms with Crippen LogP contribution in [0.3, 0.4) is 0 Å². The van der Waals surface area contributed by atoms with Crippen molar-refractivity contribution >= 4 is 17.3 Å². The molecule has 0 spiro atoms. The number of aromatic carboxylic acids is 1. The van der Waals surface area contributed by atoms with Crippen molar-refractivity contribution in [3.05, 3.63) is 27.8 Å². The van der Waals surface area contributed by atoms with Crippen molar-refractivity contribution in [3.63, 3.8) is 0 Å². The minimum Gasteiger partial charge on any atom is -0.483 e. The predicted molar refractivity (Wildman–Crippen MR) is 56.0 cm³/mol. The summed E-state index contributed by atoms with van der Waals surface area (Å²) >= 11 is 0. The number of alkyl halides is 3. The number of halogens is 3. The molecule has 0 fully saturated rings. The van der Waals surface area contributed by atoms with E-state index in [2.05, 4.69) is 4.74 Å². The van der Waals surface area contributed by atoms with Crippen molar-refractivity contribution < 1.29 is 32.7 Å². The van der Waals surface area contributed by atoms with Gasteiger partial charge < -0.3 is 15.6 Å². The predicted octanol–water partition coefficient (Wildman–Crippen LogP) is 1.82. The Balaban J connectivity index is 3.23. The molecule has 104 valence electrons. The number of nitrogen functional groups attached to an aromatic ring is 1. The van der Waals surface area contributed by atoms with Crippen molar-refractivity contribution in [1.29, 1.82) is 0 Å². The molecule has 7 nitrogen and oxygen atoms in total. The van der Waals surface area contributed by atoms with Gasteiger partial charge in [0.05, 0.1) is 4.92 Å². The second-order valence-corrected chi connectivity index (χ2v) is 3.34. The topological polar surface area (TPSA) is 116 Å². The maximum Gasteiger partial charge on any atom is 0.422 e. The van der Waals surface area contributed by atoms with Gasteiger partial charge in [0.15, 0.2) is 6.61 Å². The van der Waals surface area contributed by atoms with Gasteiger partial charge in [-0.05, 0) is 6.07 Å². The summed E-state index contributed by atoms with van der Waals surface area (Å²) in [5.41, 5.74) is 2.87. The number of hydrogen-bond acceptors (Lipinski definition) is 5. The monoisotopic (exact) mass is 280 g/mol. The Morgan fingerprint density at radius 2 is 2.05 bits per heavy atom. The first kappa shape index (κ1) is 14.5. The van der Waals surface area contributed by atoms with E-state index in [1.807, 2.05) is 0 Å². The lowest BCUT2D eigenvalue weighted by Crippen LogP contribution is -2.20. The van der Waals surface area contributed by atoms with Gasteiger partial charge in [-0.1, -0.05) is 0 Å². The van der Waals surface area contributed by atoms with E-state index in [0.717, 1.165) is 12.1 Å². The van der Waals surface area contributed by atoms with Crippen LogP contribution >= 0.6 is 0 Å². The number of ether oxygens (including phenoxy) is 1. The van der Waals surface area contributed by atoms with E-state index in [-0.39, 0.29) is 0 Å². The van der Waals surface area contributed by atoms with Crippen molar-refractivity contribution in [2.24, 2.45) is 0 Å². The average Bonchev–Trinajstić information content (AvgIpc) is 2.24. The molecule has 0 saturated heterocycles. The molecule has 0 radical (unpaired) electrons. The van der Waals surface area contributed by atoms with Crippen molar-refractivity contribution in [2.75, 3.05) is 12.3 Å². The van der Waals surface area contributed by atoms with Crippen LogP contribution in [-0.2, 0) is 0 Å². The van der Waals surface area contributed by atoms with Crippen molar-refractivity contribution in [1.82, 2.24) is 0 Å². The summed E-state index contributed by atoms with van der Waals surface area (Å²) in [5.74, 6) is -2.41. The summed E-state index contributed by atoms with van der Waals surface area (Å²) in [4.78, 5) is 20.5. The molecule has 0 amide bonds. The van der Waals surface area contributed by atoms with E-state index in [1.54, 1.807) is 0 Å². The molecule has 1 rings (SSSR count). The van der Waals surface area contributed by atoms with Crippen molar-refractivity contribution in [3.8, 4) is 5.75 Å². The van der Waals surface area contributed by atoms with E-state index in [4.69, 9.17) is 10.8 Å². The molecule has 1 aromatic rings. The van der Waals surface area contributed by atoms with Gasteiger partial charge in [-0.25, -0.2) is 4.79 Å². The van der Waals surface area contributed by atoms with Crippen LogP contribution in [-0.4, -0.2) is 28.8 Å². The van der Waals surface area contributed by atoms with Crippen LogP contribution in [0.1, 0.15) is 10.4 Å². The molecule has 10 heteroatoms. The standard InChI is InChI=1S/C9H7F3N2O5/c10-9(11,12)3-19-5-2-1-4(14(17)18)7(13)6(5)8(15)16/h1-2H,3,13H2,(H,15,16). The number of nitrogens with two attached hydrogens (primary N) is 1. The second kappa shape index (κ2) is 5.00. The van der Waals surface area contributed by atoms with E-state index in [0.29, 0.717) is 0 Å². The highest BCUT2D eigenvalue weighted by Crippen LogP contribution is 2.33. The van der Waals surface area contributed by atoms with Gasteiger partial charge in [0.25, 0.3) is 5.69 Å². The zero-order valence-corrected chi connectivity index (χ0v) is 9.10. The fourth-order valence-corrected chi connectivity index (χ4v) is 1.25. The quantitative estimate of drug-likeness (QED) is 0.493. The number of nitro benzene ring substituents is 1. The molecule has 0 unspecified atom stereocenters. The van der Waals surface area contributed by atoms with Crippen LogP contribution in [0.5, 0.6) is 5.75 Å². The summed E-state index contributed by atoms with van der Waals surface area (Å²) in [5, 5.41) is 19.4. The van der Waals surface area contributed by atoms with Gasteiger partial charge in [-0.2, -0.15) is 13.2 Å². The number of nitrogens with zero attached hydrogens (tertiary/aromatic N) is 1. The summed E-state index contributed by atoms with van der Waals surface area (Å²) < 4.78 is 40.2. The zero-order valence-electron chi connectivity index (χ0n) is 9.10. The Bertz CT molecular complexity index is 529. The van der Waals surface area contributed by atoms with E-state index in [1.165, 1.54) is 0 Å². The SMILES string of the molecule is Nc1c([N+](=O)[O-])ccc(OCC(F)(F)F)c1C(=O)O. The van der Waals surface area contributed by atoms with E-state index in [9.17, 15) is 28.1 Å². The highest BCUT2D eigenvalue weighted by atomic mass is 19.4. The molecular weight excluding hydrogens is 273 g/mol. The van der Waals surface area contributed by atoms with Crippen LogP contribution in [0, 0.1) is 10.1 Å². The molecule has 1 aromatic carbocycles. The number of carboxylic acids is 1. The molecule has 0 aliphatic heterocycles. The first-order valence-corrected chi connectivity index (χ1v) is 4.63. The molecule has 3 N–H and O–H groups in total. The number of carbonyl (C=O) groups is 1. The average molecular weight is 280 g/mol. The highest BCUT2D eigenvalue weighted by molar-refractivity contribution is 5.99. The lowest BCUT2D eigenvalue weighted by molar-refractivity contribution is -0.383. The fraction of sp³-hybridized carbons (Fsp3) is 0.222. The normalized spacial score (nSPS) is 11.1. The zero-order chi connectivity index (χ0) is 14.8. The Kier molecular flexibility index (Phi) is 3.83. The smallest absolute Gasteiger partial charge is 0.422 e. The Morgan fingerprint density at radius 1 is 1.47 bits per heavy atom. The molecule has 0 aliphatic rings. The summed E-state index contributed by atoms with van der Waals surface area (Å²) in [6, 6.07) is 1.52. The van der Waals surface area contributed by atoms with Crippen LogP contribution in [0.4, 0.5) is 24.5 Å². The van der Waals surface area contributed by atoms with Gasteiger partial charge in [0.1, 0.15) is 17.0 Å². The number of anilines is 1. The molecule has 19 heavy (non-hydrogen) atoms. The minimum atomic E-state index is -4.67. The minimum absolute atomic E-state index is 0.687. The van der Waals surface area contributed by atoms with Gasteiger partial charge in [-0.3, -0.25) is 10.1 Å². The summed E-state index contributed by atoms with van der Waals surface area (Å²) in [7, 11) is 0. The van der Waals surface area contributed by atoms with Gasteiger partial charge >= 0.3 is 12.1 Å². The number of nitro groups is 1. The van der Waals surface area contributed by atoms with Crippen LogP contribution in [0.15, 0.2) is 12.1 Å². The Labute approximate surface area is 103 Å². The van der Waals surface area contributed by atoms with Gasteiger partial charge in [0.2, 0.25) is 0 Å². The third-order valence-electron chi connectivity index (χ3n) is 1.99. The molecule has 0 bridgehead atoms. The molecule has 0 heterocycles. The highest BCUT2D eigenvalue weighted by Gasteiger charge is 2.31. The maximum absolute atomic E-state index is 12.0. The first-order chi connectivity index (χ1) is 8.63. The van der Waals surface area contributed by atoms with E-state index < -0.39 is 46.4 Å². The van der Waals surface area contributed by atoms with Crippen molar-refractivity contribution in [2.45, 2.75) is 6.18 Å².